The second-order valence-corrected chi connectivity index (χ2v) is 4.94. The molecule has 1 heterocycles. The van der Waals surface area contributed by atoms with Gasteiger partial charge in [0.1, 0.15) is 0 Å². The molecule has 0 aromatic carbocycles. The van der Waals surface area contributed by atoms with Crippen LogP contribution in [0.5, 0.6) is 0 Å². The van der Waals surface area contributed by atoms with Gasteiger partial charge in [-0.2, -0.15) is 13.2 Å². The molecule has 15 heavy (non-hydrogen) atoms. The summed E-state index contributed by atoms with van der Waals surface area (Å²) in [5.74, 6) is -4.62. The van der Waals surface area contributed by atoms with Gasteiger partial charge in [-0.1, -0.05) is 6.07 Å². The second kappa shape index (κ2) is 4.89. The molecule has 0 saturated carbocycles. The number of hydrogen-bond acceptors (Lipinski definition) is 3. The van der Waals surface area contributed by atoms with Crippen LogP contribution in [0.1, 0.15) is 0 Å². The lowest BCUT2D eigenvalue weighted by atomic mass is 10.2. The number of carboxylic acids is 1. The molecule has 84 valence electrons. The summed E-state index contributed by atoms with van der Waals surface area (Å²) in [6.45, 7) is 0. The maximum Gasteiger partial charge on any atom is 0.403 e. The summed E-state index contributed by atoms with van der Waals surface area (Å²) < 4.78 is 37.3. The van der Waals surface area contributed by atoms with Crippen LogP contribution < -0.4 is 0 Å². The van der Waals surface area contributed by atoms with Crippen molar-refractivity contribution in [2.45, 2.75) is 10.4 Å². The molecule has 1 unspecified atom stereocenters. The van der Waals surface area contributed by atoms with Crippen molar-refractivity contribution in [3.63, 3.8) is 0 Å². The molecule has 2 nitrogen and oxygen atoms in total. The lowest BCUT2D eigenvalue weighted by Gasteiger charge is -2.14. The summed E-state index contributed by atoms with van der Waals surface area (Å²) in [7, 11) is 0. The normalized spacial score (nSPS) is 13.8. The van der Waals surface area contributed by atoms with E-state index in [1.165, 1.54) is 11.3 Å². The summed E-state index contributed by atoms with van der Waals surface area (Å²) in [6.07, 6.45) is -4.68. The Morgan fingerprint density at radius 3 is 2.67 bits per heavy atom. The largest absolute Gasteiger partial charge is 0.481 e. The van der Waals surface area contributed by atoms with Crippen molar-refractivity contribution in [3.05, 3.63) is 17.5 Å². The highest BCUT2D eigenvalue weighted by Gasteiger charge is 2.44. The topological polar surface area (TPSA) is 37.3 Å². The van der Waals surface area contributed by atoms with Crippen molar-refractivity contribution in [2.75, 3.05) is 5.75 Å². The third kappa shape index (κ3) is 3.75. The van der Waals surface area contributed by atoms with E-state index < -0.39 is 23.8 Å². The van der Waals surface area contributed by atoms with Gasteiger partial charge in [0.05, 0.1) is 4.21 Å². The van der Waals surface area contributed by atoms with Gasteiger partial charge in [0, 0.05) is 5.75 Å². The Bertz CT molecular complexity index is 321. The molecular formula is C8H7F3O2S2. The van der Waals surface area contributed by atoms with E-state index in [4.69, 9.17) is 5.11 Å². The average Bonchev–Trinajstić information content (AvgIpc) is 2.53. The third-order valence-electron chi connectivity index (χ3n) is 1.58. The van der Waals surface area contributed by atoms with E-state index in [-0.39, 0.29) is 0 Å². The first-order valence-corrected chi connectivity index (χ1v) is 5.73. The molecule has 0 aliphatic rings. The van der Waals surface area contributed by atoms with E-state index in [1.54, 1.807) is 17.5 Å². The molecule has 0 radical (unpaired) electrons. The monoisotopic (exact) mass is 256 g/mol. The number of hydrogen-bond donors (Lipinski definition) is 1. The van der Waals surface area contributed by atoms with Crippen molar-refractivity contribution in [2.24, 2.45) is 5.92 Å². The third-order valence-corrected chi connectivity index (χ3v) is 3.80. The predicted molar refractivity (Wildman–Crippen MR) is 52.2 cm³/mol. The van der Waals surface area contributed by atoms with E-state index in [9.17, 15) is 18.0 Å². The minimum atomic E-state index is -4.68. The second-order valence-electron chi connectivity index (χ2n) is 2.68. The summed E-state index contributed by atoms with van der Waals surface area (Å²) >= 11 is 2.20. The lowest BCUT2D eigenvalue weighted by molar-refractivity contribution is -0.188. The van der Waals surface area contributed by atoms with Crippen LogP contribution in [0.3, 0.4) is 0 Å². The van der Waals surface area contributed by atoms with Crippen molar-refractivity contribution in [1.82, 2.24) is 0 Å². The van der Waals surface area contributed by atoms with E-state index >= 15 is 0 Å². The van der Waals surface area contributed by atoms with Gasteiger partial charge in [-0.25, -0.2) is 0 Å². The predicted octanol–water partition coefficient (Wildman–Crippen LogP) is 3.10. The maximum absolute atomic E-state index is 12.2. The molecule has 0 aliphatic heterocycles. The number of rotatable bonds is 4. The molecule has 1 rings (SSSR count). The van der Waals surface area contributed by atoms with Gasteiger partial charge in [0.25, 0.3) is 0 Å². The molecule has 0 saturated heterocycles. The Balaban J connectivity index is 2.57. The fraction of sp³-hybridized carbons (Fsp3) is 0.375. The van der Waals surface area contributed by atoms with Crippen LogP contribution in [0.25, 0.3) is 0 Å². The molecule has 1 N–H and O–H groups in total. The van der Waals surface area contributed by atoms with Crippen molar-refractivity contribution < 1.29 is 23.1 Å². The minimum Gasteiger partial charge on any atom is -0.481 e. The van der Waals surface area contributed by atoms with E-state index in [0.29, 0.717) is 4.21 Å². The van der Waals surface area contributed by atoms with Gasteiger partial charge in [-0.15, -0.1) is 23.1 Å². The zero-order valence-corrected chi connectivity index (χ0v) is 8.96. The van der Waals surface area contributed by atoms with Gasteiger partial charge in [0.15, 0.2) is 5.92 Å². The minimum absolute atomic E-state index is 0.487. The first-order chi connectivity index (χ1) is 6.91. The molecule has 0 bridgehead atoms. The van der Waals surface area contributed by atoms with Crippen LogP contribution >= 0.6 is 23.1 Å². The molecule has 0 fully saturated rings. The van der Waals surface area contributed by atoms with Crippen LogP contribution in [0.4, 0.5) is 13.2 Å². The Kier molecular flexibility index (Phi) is 4.04. The van der Waals surface area contributed by atoms with Crippen LogP contribution in [0.15, 0.2) is 21.7 Å². The Labute approximate surface area is 92.1 Å². The average molecular weight is 256 g/mol. The first-order valence-electron chi connectivity index (χ1n) is 3.87. The smallest absolute Gasteiger partial charge is 0.403 e. The number of halogens is 3. The van der Waals surface area contributed by atoms with Gasteiger partial charge in [-0.05, 0) is 11.4 Å². The Hall–Kier alpha value is -0.690. The number of thioether (sulfide) groups is 1. The van der Waals surface area contributed by atoms with Crippen LogP contribution in [0.2, 0.25) is 0 Å². The molecule has 0 amide bonds. The highest BCUT2D eigenvalue weighted by atomic mass is 32.2. The fourth-order valence-electron chi connectivity index (χ4n) is 0.817. The standard InChI is InChI=1S/C8H7F3O2S2/c9-8(10,11)5(7(12)13)4-15-6-2-1-3-14-6/h1-3,5H,4H2,(H,12,13). The number of thiophene rings is 1. The van der Waals surface area contributed by atoms with Gasteiger partial charge in [-0.3, -0.25) is 4.79 Å². The Morgan fingerprint density at radius 1 is 1.60 bits per heavy atom. The molecular weight excluding hydrogens is 249 g/mol. The summed E-state index contributed by atoms with van der Waals surface area (Å²) in [6, 6.07) is 3.36. The molecule has 0 spiro atoms. The van der Waals surface area contributed by atoms with Crippen molar-refractivity contribution >= 4 is 29.1 Å². The quantitative estimate of drug-likeness (QED) is 0.841. The summed E-state index contributed by atoms with van der Waals surface area (Å²) in [5, 5.41) is 10.1. The Morgan fingerprint density at radius 2 is 2.27 bits per heavy atom. The van der Waals surface area contributed by atoms with Gasteiger partial charge in [0.2, 0.25) is 0 Å². The highest BCUT2D eigenvalue weighted by Crippen LogP contribution is 2.33. The van der Waals surface area contributed by atoms with E-state index in [2.05, 4.69) is 0 Å². The highest BCUT2D eigenvalue weighted by molar-refractivity contribution is 8.01. The maximum atomic E-state index is 12.2. The molecule has 1 atom stereocenters. The SMILES string of the molecule is O=C(O)C(CSc1cccs1)C(F)(F)F. The van der Waals surface area contributed by atoms with E-state index in [1.807, 2.05) is 0 Å². The zero-order valence-electron chi connectivity index (χ0n) is 7.32. The number of alkyl halides is 3. The van der Waals surface area contributed by atoms with Crippen molar-refractivity contribution in [3.8, 4) is 0 Å². The molecule has 1 aromatic heterocycles. The van der Waals surface area contributed by atoms with Crippen LogP contribution in [0, 0.1) is 5.92 Å². The zero-order chi connectivity index (χ0) is 11.5. The number of aliphatic carboxylic acids is 1. The molecule has 7 heteroatoms. The van der Waals surface area contributed by atoms with E-state index in [0.717, 1.165) is 11.8 Å². The van der Waals surface area contributed by atoms with Gasteiger partial charge < -0.3 is 5.11 Å². The lowest BCUT2D eigenvalue weighted by Crippen LogP contribution is -2.32. The number of carbonyl (C=O) groups is 1. The fourth-order valence-corrected chi connectivity index (χ4v) is 2.75. The molecule has 0 aliphatic carbocycles. The van der Waals surface area contributed by atoms with Gasteiger partial charge >= 0.3 is 12.1 Å². The first kappa shape index (κ1) is 12.4. The molecule has 1 aromatic rings. The summed E-state index contributed by atoms with van der Waals surface area (Å²) in [4.78, 5) is 10.4. The van der Waals surface area contributed by atoms with Crippen LogP contribution in [-0.2, 0) is 4.79 Å². The van der Waals surface area contributed by atoms with Crippen molar-refractivity contribution in [1.29, 1.82) is 0 Å². The van der Waals surface area contributed by atoms with Crippen LogP contribution in [-0.4, -0.2) is 23.0 Å². The summed E-state index contributed by atoms with van der Waals surface area (Å²) in [5.41, 5.74) is 0. The number of carboxylic acid groups (broad SMARTS) is 1.